The summed E-state index contributed by atoms with van der Waals surface area (Å²) in [6.45, 7) is 3.45. The third kappa shape index (κ3) is 4.26. The molecule has 8 heteroatoms. The molecular weight excluding hydrogens is 338 g/mol. The Balaban J connectivity index is 2.34. The molecule has 0 saturated carbocycles. The zero-order chi connectivity index (χ0) is 17.7. The fourth-order valence-corrected chi connectivity index (χ4v) is 2.21. The zero-order valence-electron chi connectivity index (χ0n) is 13.4. The smallest absolute Gasteiger partial charge is 0.363 e. The Kier molecular flexibility index (Phi) is 5.81. The van der Waals surface area contributed by atoms with Crippen molar-refractivity contribution in [2.75, 3.05) is 20.3 Å². The lowest BCUT2D eigenvalue weighted by atomic mass is 10.1. The number of halogens is 1. The summed E-state index contributed by atoms with van der Waals surface area (Å²) in [5.74, 6) is -0.237. The van der Waals surface area contributed by atoms with E-state index in [0.717, 1.165) is 0 Å². The predicted molar refractivity (Wildman–Crippen MR) is 87.3 cm³/mol. The van der Waals surface area contributed by atoms with Gasteiger partial charge in [-0.3, -0.25) is 0 Å². The van der Waals surface area contributed by atoms with Crippen molar-refractivity contribution in [3.05, 3.63) is 28.4 Å². The van der Waals surface area contributed by atoms with Crippen LogP contribution >= 0.6 is 11.6 Å². The van der Waals surface area contributed by atoms with Crippen LogP contribution in [0.5, 0.6) is 11.5 Å². The molecule has 0 aromatic heterocycles. The van der Waals surface area contributed by atoms with Crippen molar-refractivity contribution in [3.8, 4) is 11.5 Å². The van der Waals surface area contributed by atoms with Crippen LogP contribution in [-0.4, -0.2) is 38.2 Å². The molecule has 0 aliphatic carbocycles. The van der Waals surface area contributed by atoms with Crippen molar-refractivity contribution in [1.29, 1.82) is 0 Å². The summed E-state index contributed by atoms with van der Waals surface area (Å²) in [4.78, 5) is 26.8. The number of esters is 2. The fourth-order valence-electron chi connectivity index (χ4n) is 1.94. The van der Waals surface area contributed by atoms with Gasteiger partial charge in [0.25, 0.3) is 0 Å². The number of carbonyl (C=O) groups is 2. The average molecular weight is 354 g/mol. The number of methoxy groups -OCH3 is 1. The molecule has 0 N–H and O–H groups in total. The van der Waals surface area contributed by atoms with E-state index in [0.29, 0.717) is 17.9 Å². The van der Waals surface area contributed by atoms with Crippen molar-refractivity contribution in [2.24, 2.45) is 4.99 Å². The molecule has 0 radical (unpaired) electrons. The summed E-state index contributed by atoms with van der Waals surface area (Å²) in [7, 11) is 1.26. The van der Waals surface area contributed by atoms with E-state index in [9.17, 15) is 9.59 Å². The highest BCUT2D eigenvalue weighted by Crippen LogP contribution is 2.37. The van der Waals surface area contributed by atoms with Gasteiger partial charge in [0.2, 0.25) is 0 Å². The van der Waals surface area contributed by atoms with E-state index in [-0.39, 0.29) is 29.0 Å². The minimum Gasteiger partial charge on any atom is -0.490 e. The summed E-state index contributed by atoms with van der Waals surface area (Å²) in [6, 6.07) is 3.20. The quantitative estimate of drug-likeness (QED) is 0.577. The Bertz CT molecular complexity index is 726. The van der Waals surface area contributed by atoms with Crippen molar-refractivity contribution >= 4 is 35.5 Å². The highest BCUT2D eigenvalue weighted by Gasteiger charge is 2.20. The van der Waals surface area contributed by atoms with Crippen LogP contribution < -0.4 is 9.47 Å². The van der Waals surface area contributed by atoms with E-state index >= 15 is 0 Å². The SMILES string of the molecule is CCOc1cc(/C=C2/N=C(C)OC2=O)cc(Cl)c1OCC(=O)OC. The Hall–Kier alpha value is -2.54. The standard InChI is InChI=1S/C16H16ClNO6/c1-4-22-13-7-10(6-12-16(20)24-9(2)18-12)5-11(17)15(13)23-8-14(19)21-3/h5-7H,4,8H2,1-3H3/b12-6+. The molecule has 1 aliphatic rings. The van der Waals surface area contributed by atoms with Crippen molar-refractivity contribution in [2.45, 2.75) is 13.8 Å². The topological polar surface area (TPSA) is 83.4 Å². The first-order valence-electron chi connectivity index (χ1n) is 7.09. The van der Waals surface area contributed by atoms with Crippen LogP contribution in [0.3, 0.4) is 0 Å². The number of rotatable bonds is 6. The van der Waals surface area contributed by atoms with E-state index in [4.69, 9.17) is 25.8 Å². The molecule has 0 fully saturated rings. The maximum absolute atomic E-state index is 11.6. The van der Waals surface area contributed by atoms with Crippen LogP contribution in [-0.2, 0) is 19.1 Å². The van der Waals surface area contributed by atoms with Gasteiger partial charge < -0.3 is 18.9 Å². The molecule has 0 saturated heterocycles. The molecule has 0 spiro atoms. The summed E-state index contributed by atoms with van der Waals surface area (Å²) < 4.78 is 20.2. The molecule has 0 bridgehead atoms. The van der Waals surface area contributed by atoms with Crippen LogP contribution in [0.4, 0.5) is 0 Å². The highest BCUT2D eigenvalue weighted by atomic mass is 35.5. The lowest BCUT2D eigenvalue weighted by Gasteiger charge is -2.13. The Morgan fingerprint density at radius 3 is 2.71 bits per heavy atom. The van der Waals surface area contributed by atoms with Gasteiger partial charge in [-0.2, -0.15) is 0 Å². The second-order valence-electron chi connectivity index (χ2n) is 4.68. The molecule has 7 nitrogen and oxygen atoms in total. The number of cyclic esters (lactones) is 1. The first kappa shape index (κ1) is 17.8. The van der Waals surface area contributed by atoms with Crippen LogP contribution in [0.15, 0.2) is 22.8 Å². The Morgan fingerprint density at radius 1 is 1.38 bits per heavy atom. The van der Waals surface area contributed by atoms with Crippen molar-refractivity contribution in [1.82, 2.24) is 0 Å². The van der Waals surface area contributed by atoms with Gasteiger partial charge >= 0.3 is 11.9 Å². The summed E-state index contributed by atoms with van der Waals surface area (Å²) in [5, 5.41) is 0.226. The van der Waals surface area contributed by atoms with Crippen LogP contribution in [0.2, 0.25) is 5.02 Å². The Labute approximate surface area is 143 Å². The van der Waals surface area contributed by atoms with E-state index in [1.165, 1.54) is 13.2 Å². The second kappa shape index (κ2) is 7.83. The number of hydrogen-bond donors (Lipinski definition) is 0. The van der Waals surface area contributed by atoms with Crippen LogP contribution in [0, 0.1) is 0 Å². The molecule has 1 heterocycles. The second-order valence-corrected chi connectivity index (χ2v) is 5.08. The normalized spacial score (nSPS) is 15.1. The van der Waals surface area contributed by atoms with Gasteiger partial charge in [-0.15, -0.1) is 0 Å². The van der Waals surface area contributed by atoms with Gasteiger partial charge in [0.15, 0.2) is 29.7 Å². The Morgan fingerprint density at radius 2 is 2.12 bits per heavy atom. The number of hydrogen-bond acceptors (Lipinski definition) is 7. The summed E-state index contributed by atoms with van der Waals surface area (Å²) in [5.41, 5.74) is 0.744. The molecule has 0 unspecified atom stereocenters. The number of aliphatic imine (C=N–C) groups is 1. The summed E-state index contributed by atoms with van der Waals surface area (Å²) in [6.07, 6.45) is 1.53. The van der Waals surface area contributed by atoms with E-state index in [2.05, 4.69) is 9.73 Å². The summed E-state index contributed by atoms with van der Waals surface area (Å²) >= 11 is 6.21. The van der Waals surface area contributed by atoms with E-state index in [1.54, 1.807) is 26.0 Å². The van der Waals surface area contributed by atoms with Gasteiger partial charge in [0.1, 0.15) is 0 Å². The minimum absolute atomic E-state index is 0.161. The minimum atomic E-state index is -0.543. The largest absolute Gasteiger partial charge is 0.490 e. The molecule has 1 aromatic carbocycles. The van der Waals surface area contributed by atoms with Crippen LogP contribution in [0.1, 0.15) is 19.4 Å². The van der Waals surface area contributed by atoms with E-state index < -0.39 is 11.9 Å². The lowest BCUT2D eigenvalue weighted by Crippen LogP contribution is -2.13. The number of carbonyl (C=O) groups excluding carboxylic acids is 2. The molecule has 1 aromatic rings. The molecule has 1 aliphatic heterocycles. The molecule has 2 rings (SSSR count). The number of nitrogens with zero attached hydrogens (tertiary/aromatic N) is 1. The lowest BCUT2D eigenvalue weighted by molar-refractivity contribution is -0.143. The third-order valence-corrected chi connectivity index (χ3v) is 3.21. The number of benzene rings is 1. The monoisotopic (exact) mass is 353 g/mol. The molecular formula is C16H16ClNO6. The molecule has 0 amide bonds. The first-order chi connectivity index (χ1) is 11.4. The molecule has 0 atom stereocenters. The van der Waals surface area contributed by atoms with E-state index in [1.807, 2.05) is 0 Å². The number of ether oxygens (including phenoxy) is 4. The van der Waals surface area contributed by atoms with Gasteiger partial charge in [-0.05, 0) is 30.7 Å². The first-order valence-corrected chi connectivity index (χ1v) is 7.47. The maximum atomic E-state index is 11.6. The van der Waals surface area contributed by atoms with Gasteiger partial charge in [-0.1, -0.05) is 11.6 Å². The maximum Gasteiger partial charge on any atom is 0.363 e. The third-order valence-electron chi connectivity index (χ3n) is 2.92. The van der Waals surface area contributed by atoms with Crippen molar-refractivity contribution < 1.29 is 28.5 Å². The predicted octanol–water partition coefficient (Wildman–Crippen LogP) is 2.61. The van der Waals surface area contributed by atoms with Crippen LogP contribution in [0.25, 0.3) is 6.08 Å². The average Bonchev–Trinajstić information content (AvgIpc) is 2.84. The van der Waals surface area contributed by atoms with Gasteiger partial charge in [-0.25, -0.2) is 14.6 Å². The van der Waals surface area contributed by atoms with Gasteiger partial charge in [0.05, 0.1) is 18.7 Å². The highest BCUT2D eigenvalue weighted by molar-refractivity contribution is 6.32. The zero-order valence-corrected chi connectivity index (χ0v) is 14.2. The molecule has 128 valence electrons. The van der Waals surface area contributed by atoms with Crippen molar-refractivity contribution in [3.63, 3.8) is 0 Å². The van der Waals surface area contributed by atoms with Gasteiger partial charge in [0, 0.05) is 6.92 Å². The fraction of sp³-hybridized carbons (Fsp3) is 0.312. The molecule has 24 heavy (non-hydrogen) atoms.